The number of aliphatic hydroxyl groups is 1. The van der Waals surface area contributed by atoms with E-state index >= 15 is 0 Å². The minimum absolute atomic E-state index is 0.0363. The van der Waals surface area contributed by atoms with E-state index in [0.717, 1.165) is 16.5 Å². The lowest BCUT2D eigenvalue weighted by Gasteiger charge is -2.15. The standard InChI is InChI=1S/C14H20N2O4S/c17-10-12(15-6-3-7-21(18,19)20)8-11-9-16-14-5-2-1-4-13(11)14/h1-2,4-5,9,12,15-17H,3,6-8,10H2,(H,18,19,20)/t12-/m1/s1. The van der Waals surface area contributed by atoms with E-state index in [1.165, 1.54) is 0 Å². The maximum Gasteiger partial charge on any atom is 0.264 e. The molecule has 1 aromatic heterocycles. The molecule has 2 rings (SSSR count). The summed E-state index contributed by atoms with van der Waals surface area (Å²) in [4.78, 5) is 3.18. The average Bonchev–Trinajstić information content (AvgIpc) is 2.84. The fraction of sp³-hybridized carbons (Fsp3) is 0.429. The molecule has 0 saturated carbocycles. The van der Waals surface area contributed by atoms with Gasteiger partial charge in [0, 0.05) is 23.1 Å². The van der Waals surface area contributed by atoms with Crippen molar-refractivity contribution >= 4 is 21.0 Å². The van der Waals surface area contributed by atoms with Crippen LogP contribution in [-0.2, 0) is 16.5 Å². The number of aromatic amines is 1. The van der Waals surface area contributed by atoms with Gasteiger partial charge in [0.05, 0.1) is 12.4 Å². The van der Waals surface area contributed by atoms with Crippen LogP contribution < -0.4 is 5.32 Å². The average molecular weight is 312 g/mol. The lowest BCUT2D eigenvalue weighted by molar-refractivity contribution is 0.242. The van der Waals surface area contributed by atoms with Crippen LogP contribution in [-0.4, -0.2) is 48.0 Å². The second-order valence-electron chi connectivity index (χ2n) is 5.04. The van der Waals surface area contributed by atoms with Gasteiger partial charge in [-0.2, -0.15) is 8.42 Å². The number of hydrogen-bond acceptors (Lipinski definition) is 4. The predicted octanol–water partition coefficient (Wildman–Crippen LogP) is 0.939. The van der Waals surface area contributed by atoms with Crippen molar-refractivity contribution in [3.8, 4) is 0 Å². The first-order valence-electron chi connectivity index (χ1n) is 6.84. The molecule has 116 valence electrons. The van der Waals surface area contributed by atoms with Gasteiger partial charge in [-0.3, -0.25) is 4.55 Å². The predicted molar refractivity (Wildman–Crippen MR) is 81.9 cm³/mol. The van der Waals surface area contributed by atoms with Gasteiger partial charge in [-0.15, -0.1) is 0 Å². The van der Waals surface area contributed by atoms with Gasteiger partial charge in [0.15, 0.2) is 0 Å². The Kier molecular flexibility index (Phi) is 5.35. The number of H-pyrrole nitrogens is 1. The van der Waals surface area contributed by atoms with Crippen LogP contribution in [0.1, 0.15) is 12.0 Å². The highest BCUT2D eigenvalue weighted by Crippen LogP contribution is 2.18. The fourth-order valence-electron chi connectivity index (χ4n) is 2.33. The Hall–Kier alpha value is -1.41. The van der Waals surface area contributed by atoms with Crippen LogP contribution in [0.15, 0.2) is 30.5 Å². The molecule has 0 bridgehead atoms. The highest BCUT2D eigenvalue weighted by molar-refractivity contribution is 7.85. The number of nitrogens with one attached hydrogen (secondary N) is 2. The summed E-state index contributed by atoms with van der Waals surface area (Å²) in [5.74, 6) is -0.273. The van der Waals surface area contributed by atoms with E-state index in [0.29, 0.717) is 19.4 Å². The minimum Gasteiger partial charge on any atom is -0.395 e. The fourth-order valence-corrected chi connectivity index (χ4v) is 2.84. The first kappa shape index (κ1) is 16.0. The van der Waals surface area contributed by atoms with E-state index in [-0.39, 0.29) is 18.4 Å². The molecule has 0 amide bonds. The molecule has 0 aliphatic carbocycles. The van der Waals surface area contributed by atoms with Crippen molar-refractivity contribution in [2.24, 2.45) is 0 Å². The number of para-hydroxylation sites is 1. The van der Waals surface area contributed by atoms with Gasteiger partial charge in [-0.05, 0) is 31.0 Å². The Morgan fingerprint density at radius 3 is 2.76 bits per heavy atom. The van der Waals surface area contributed by atoms with Crippen LogP contribution in [0.5, 0.6) is 0 Å². The first-order chi connectivity index (χ1) is 9.99. The van der Waals surface area contributed by atoms with E-state index in [2.05, 4.69) is 10.3 Å². The van der Waals surface area contributed by atoms with E-state index in [1.54, 1.807) is 0 Å². The summed E-state index contributed by atoms with van der Waals surface area (Å²) in [6.45, 7) is 0.388. The Bertz CT molecular complexity index is 681. The van der Waals surface area contributed by atoms with Crippen molar-refractivity contribution in [2.45, 2.75) is 18.9 Å². The van der Waals surface area contributed by atoms with Crippen molar-refractivity contribution in [2.75, 3.05) is 18.9 Å². The van der Waals surface area contributed by atoms with Crippen LogP contribution in [0, 0.1) is 0 Å². The van der Waals surface area contributed by atoms with Gasteiger partial charge >= 0.3 is 0 Å². The lowest BCUT2D eigenvalue weighted by Crippen LogP contribution is -2.35. The molecule has 7 heteroatoms. The quantitative estimate of drug-likeness (QED) is 0.429. The number of benzene rings is 1. The van der Waals surface area contributed by atoms with Crippen molar-refractivity contribution in [3.63, 3.8) is 0 Å². The third kappa shape index (κ3) is 4.82. The molecule has 1 atom stereocenters. The van der Waals surface area contributed by atoms with Crippen LogP contribution in [0.25, 0.3) is 10.9 Å². The van der Waals surface area contributed by atoms with Gasteiger partial charge in [-0.1, -0.05) is 18.2 Å². The molecule has 0 saturated heterocycles. The van der Waals surface area contributed by atoms with Crippen LogP contribution in [0.2, 0.25) is 0 Å². The maximum absolute atomic E-state index is 10.6. The summed E-state index contributed by atoms with van der Waals surface area (Å²) >= 11 is 0. The molecule has 0 unspecified atom stereocenters. The Labute approximate surface area is 123 Å². The molecular formula is C14H20N2O4S. The molecule has 0 aliphatic rings. The Morgan fingerprint density at radius 2 is 2.05 bits per heavy atom. The zero-order valence-electron chi connectivity index (χ0n) is 11.6. The monoisotopic (exact) mass is 312 g/mol. The second-order valence-corrected chi connectivity index (χ2v) is 6.61. The van der Waals surface area contributed by atoms with Gasteiger partial charge in [0.25, 0.3) is 10.1 Å². The highest BCUT2D eigenvalue weighted by Gasteiger charge is 2.12. The molecule has 0 spiro atoms. The van der Waals surface area contributed by atoms with E-state index in [1.807, 2.05) is 30.5 Å². The molecule has 0 radical (unpaired) electrons. The summed E-state index contributed by atoms with van der Waals surface area (Å²) in [7, 11) is -3.92. The SMILES string of the molecule is O=S(=O)(O)CCCN[C@@H](CO)Cc1c[nH]c2ccccc12. The van der Waals surface area contributed by atoms with E-state index < -0.39 is 10.1 Å². The number of rotatable bonds is 8. The van der Waals surface area contributed by atoms with Crippen LogP contribution >= 0.6 is 0 Å². The Balaban J connectivity index is 1.90. The van der Waals surface area contributed by atoms with Crippen molar-refractivity contribution in [3.05, 3.63) is 36.0 Å². The van der Waals surface area contributed by atoms with Crippen LogP contribution in [0.3, 0.4) is 0 Å². The summed E-state index contributed by atoms with van der Waals surface area (Å²) in [6, 6.07) is 7.79. The molecule has 0 aliphatic heterocycles. The van der Waals surface area contributed by atoms with Crippen molar-refractivity contribution < 1.29 is 18.1 Å². The molecule has 1 heterocycles. The van der Waals surface area contributed by atoms with Gasteiger partial charge < -0.3 is 15.4 Å². The number of hydrogen-bond donors (Lipinski definition) is 4. The van der Waals surface area contributed by atoms with Crippen LogP contribution in [0.4, 0.5) is 0 Å². The number of aromatic nitrogens is 1. The van der Waals surface area contributed by atoms with Gasteiger partial charge in [-0.25, -0.2) is 0 Å². The van der Waals surface area contributed by atoms with Crippen molar-refractivity contribution in [1.29, 1.82) is 0 Å². The number of aliphatic hydroxyl groups excluding tert-OH is 1. The molecule has 4 N–H and O–H groups in total. The molecule has 0 fully saturated rings. The largest absolute Gasteiger partial charge is 0.395 e. The summed E-state index contributed by atoms with van der Waals surface area (Å²) in [6.07, 6.45) is 2.88. The van der Waals surface area contributed by atoms with E-state index in [4.69, 9.17) is 4.55 Å². The molecule has 2 aromatic rings. The molecule has 6 nitrogen and oxygen atoms in total. The minimum atomic E-state index is -3.92. The van der Waals surface area contributed by atoms with Gasteiger partial charge in [0.2, 0.25) is 0 Å². The third-order valence-electron chi connectivity index (χ3n) is 3.37. The zero-order chi connectivity index (χ0) is 15.3. The normalized spacial score (nSPS) is 13.6. The second kappa shape index (κ2) is 7.04. The summed E-state index contributed by atoms with van der Waals surface area (Å²) < 4.78 is 29.9. The summed E-state index contributed by atoms with van der Waals surface area (Å²) in [5, 5.41) is 13.6. The Morgan fingerprint density at radius 1 is 1.29 bits per heavy atom. The third-order valence-corrected chi connectivity index (χ3v) is 4.18. The van der Waals surface area contributed by atoms with Gasteiger partial charge in [0.1, 0.15) is 0 Å². The highest BCUT2D eigenvalue weighted by atomic mass is 32.2. The molecule has 21 heavy (non-hydrogen) atoms. The summed E-state index contributed by atoms with van der Waals surface area (Å²) in [5.41, 5.74) is 2.16. The maximum atomic E-state index is 10.6. The van der Waals surface area contributed by atoms with E-state index in [9.17, 15) is 13.5 Å². The number of fused-ring (bicyclic) bond motifs is 1. The lowest BCUT2D eigenvalue weighted by atomic mass is 10.1. The molecular weight excluding hydrogens is 292 g/mol. The zero-order valence-corrected chi connectivity index (χ0v) is 12.4. The molecule has 1 aromatic carbocycles. The smallest absolute Gasteiger partial charge is 0.264 e. The van der Waals surface area contributed by atoms with Crippen molar-refractivity contribution in [1.82, 2.24) is 10.3 Å². The first-order valence-corrected chi connectivity index (χ1v) is 8.45. The topological polar surface area (TPSA) is 102 Å².